The molecule has 0 saturated heterocycles. The van der Waals surface area contributed by atoms with Gasteiger partial charge < -0.3 is 9.72 Å². The van der Waals surface area contributed by atoms with Crippen molar-refractivity contribution in [2.45, 2.75) is 6.10 Å². The SMILES string of the molecule is O=C(/C=C/c1nc2ccccc2s1)OC(C(=O)c1c[nH]c2ccccc12)c1ccccc1. The summed E-state index contributed by atoms with van der Waals surface area (Å²) in [6.45, 7) is 0. The molecule has 1 atom stereocenters. The topological polar surface area (TPSA) is 72.0 Å². The minimum atomic E-state index is -1.05. The first kappa shape index (κ1) is 19.9. The van der Waals surface area contributed by atoms with Gasteiger partial charge in [0.25, 0.3) is 0 Å². The summed E-state index contributed by atoms with van der Waals surface area (Å²) < 4.78 is 6.69. The van der Waals surface area contributed by atoms with Crippen LogP contribution in [0, 0.1) is 0 Å². The molecule has 0 bridgehead atoms. The number of carbonyl (C=O) groups is 2. The number of ketones is 1. The highest BCUT2D eigenvalue weighted by atomic mass is 32.1. The van der Waals surface area contributed by atoms with Crippen LogP contribution in [0.4, 0.5) is 0 Å². The van der Waals surface area contributed by atoms with Gasteiger partial charge >= 0.3 is 5.97 Å². The number of aromatic amines is 1. The van der Waals surface area contributed by atoms with E-state index in [1.54, 1.807) is 24.4 Å². The van der Waals surface area contributed by atoms with Gasteiger partial charge in [0.1, 0.15) is 5.01 Å². The van der Waals surface area contributed by atoms with Crippen LogP contribution in [0.2, 0.25) is 0 Å². The number of ether oxygens (including phenoxy) is 1. The molecule has 1 unspecified atom stereocenters. The maximum absolute atomic E-state index is 13.4. The van der Waals surface area contributed by atoms with E-state index in [4.69, 9.17) is 4.74 Å². The number of para-hydroxylation sites is 2. The van der Waals surface area contributed by atoms with Crippen LogP contribution in [0.5, 0.6) is 0 Å². The van der Waals surface area contributed by atoms with Crippen molar-refractivity contribution < 1.29 is 14.3 Å². The normalized spacial score (nSPS) is 12.4. The molecule has 1 N–H and O–H groups in total. The Hall–Kier alpha value is -4.03. The number of fused-ring (bicyclic) bond motifs is 2. The smallest absolute Gasteiger partial charge is 0.331 e. The van der Waals surface area contributed by atoms with Gasteiger partial charge in [-0.3, -0.25) is 4.79 Å². The minimum absolute atomic E-state index is 0.282. The van der Waals surface area contributed by atoms with Crippen LogP contribution in [0.1, 0.15) is 27.0 Å². The molecular weight excluding hydrogens is 420 g/mol. The number of carbonyl (C=O) groups excluding carboxylic acids is 2. The number of rotatable bonds is 6. The Bertz CT molecular complexity index is 1420. The fraction of sp³-hybridized carbons (Fsp3) is 0.0385. The van der Waals surface area contributed by atoms with E-state index in [-0.39, 0.29) is 5.78 Å². The molecular formula is C26H18N2O3S. The van der Waals surface area contributed by atoms with Crippen LogP contribution in [0.25, 0.3) is 27.2 Å². The number of benzene rings is 3. The third kappa shape index (κ3) is 3.96. The second kappa shape index (κ2) is 8.61. The number of hydrogen-bond acceptors (Lipinski definition) is 5. The zero-order valence-electron chi connectivity index (χ0n) is 16.9. The fourth-order valence-corrected chi connectivity index (χ4v) is 4.44. The lowest BCUT2D eigenvalue weighted by Gasteiger charge is -2.16. The van der Waals surface area contributed by atoms with Gasteiger partial charge in [-0.15, -0.1) is 11.3 Å². The highest BCUT2D eigenvalue weighted by molar-refractivity contribution is 7.19. The van der Waals surface area contributed by atoms with E-state index in [1.165, 1.54) is 17.4 Å². The molecule has 3 aromatic carbocycles. The van der Waals surface area contributed by atoms with Crippen LogP contribution in [-0.4, -0.2) is 21.7 Å². The van der Waals surface area contributed by atoms with Gasteiger partial charge in [0.15, 0.2) is 6.10 Å². The van der Waals surface area contributed by atoms with Crippen molar-refractivity contribution in [2.75, 3.05) is 0 Å². The van der Waals surface area contributed by atoms with E-state index in [1.807, 2.05) is 66.7 Å². The standard InChI is InChI=1S/C26H18N2O3S/c29-24(15-14-23-28-21-12-6-7-13-22(21)32-23)31-26(17-8-2-1-3-9-17)25(30)19-16-27-20-11-5-4-10-18(19)20/h1-16,26-27H/b15-14+. The average Bonchev–Trinajstić information content (AvgIpc) is 3.45. The third-order valence-corrected chi connectivity index (χ3v) is 6.10. The molecule has 6 heteroatoms. The Kier molecular flexibility index (Phi) is 5.35. The molecule has 0 radical (unpaired) electrons. The van der Waals surface area contributed by atoms with Crippen LogP contribution in [-0.2, 0) is 9.53 Å². The molecule has 2 heterocycles. The molecule has 5 aromatic rings. The highest BCUT2D eigenvalue weighted by Crippen LogP contribution is 2.28. The maximum atomic E-state index is 13.4. The van der Waals surface area contributed by atoms with Crippen molar-refractivity contribution in [3.05, 3.63) is 107 Å². The van der Waals surface area contributed by atoms with E-state index in [0.717, 1.165) is 21.1 Å². The van der Waals surface area contributed by atoms with E-state index in [2.05, 4.69) is 9.97 Å². The van der Waals surface area contributed by atoms with E-state index in [9.17, 15) is 9.59 Å². The number of thiazole rings is 1. The molecule has 0 aliphatic carbocycles. The third-order valence-electron chi connectivity index (χ3n) is 5.10. The summed E-state index contributed by atoms with van der Waals surface area (Å²) in [6.07, 6.45) is 3.54. The number of aromatic nitrogens is 2. The van der Waals surface area contributed by atoms with Crippen molar-refractivity contribution in [1.82, 2.24) is 9.97 Å². The first-order chi connectivity index (χ1) is 15.7. The van der Waals surface area contributed by atoms with Gasteiger partial charge in [0.05, 0.1) is 10.2 Å². The number of esters is 1. The summed E-state index contributed by atoms with van der Waals surface area (Å²) in [5.41, 5.74) is 2.83. The summed E-state index contributed by atoms with van der Waals surface area (Å²) in [5, 5.41) is 1.49. The average molecular weight is 439 g/mol. The van der Waals surface area contributed by atoms with Gasteiger partial charge in [-0.1, -0.05) is 60.7 Å². The molecule has 0 fully saturated rings. The Labute approximate surface area is 188 Å². The molecule has 0 saturated carbocycles. The van der Waals surface area contributed by atoms with Crippen molar-refractivity contribution in [1.29, 1.82) is 0 Å². The molecule has 156 valence electrons. The van der Waals surface area contributed by atoms with Crippen LogP contribution in [0.15, 0.2) is 91.1 Å². The van der Waals surface area contributed by atoms with Crippen molar-refractivity contribution in [2.24, 2.45) is 0 Å². The van der Waals surface area contributed by atoms with E-state index >= 15 is 0 Å². The number of nitrogens with zero attached hydrogens (tertiary/aromatic N) is 1. The first-order valence-corrected chi connectivity index (χ1v) is 10.9. The summed E-state index contributed by atoms with van der Waals surface area (Å²) in [5.74, 6) is -0.887. The predicted octanol–water partition coefficient (Wildman–Crippen LogP) is 5.96. The zero-order valence-corrected chi connectivity index (χ0v) is 17.7. The Balaban J connectivity index is 1.42. The molecule has 0 aliphatic heterocycles. The van der Waals surface area contributed by atoms with Crippen LogP contribution < -0.4 is 0 Å². The van der Waals surface area contributed by atoms with Crippen LogP contribution >= 0.6 is 11.3 Å². The zero-order chi connectivity index (χ0) is 21.9. The summed E-state index contributed by atoms with van der Waals surface area (Å²) in [6, 6.07) is 24.4. The van der Waals surface area contributed by atoms with Gasteiger partial charge in [0, 0.05) is 34.3 Å². The molecule has 2 aromatic heterocycles. The van der Waals surface area contributed by atoms with Crippen molar-refractivity contribution in [3.63, 3.8) is 0 Å². The van der Waals surface area contributed by atoms with Crippen molar-refractivity contribution in [3.8, 4) is 0 Å². The molecule has 0 spiro atoms. The predicted molar refractivity (Wildman–Crippen MR) is 127 cm³/mol. The monoisotopic (exact) mass is 438 g/mol. The largest absolute Gasteiger partial charge is 0.446 e. The molecule has 32 heavy (non-hydrogen) atoms. The maximum Gasteiger partial charge on any atom is 0.331 e. The van der Waals surface area contributed by atoms with Crippen molar-refractivity contribution >= 4 is 50.3 Å². The quantitative estimate of drug-likeness (QED) is 0.202. The second-order valence-electron chi connectivity index (χ2n) is 7.19. The molecule has 5 nitrogen and oxygen atoms in total. The summed E-state index contributed by atoms with van der Waals surface area (Å²) in [4.78, 5) is 33.7. The number of hydrogen-bond donors (Lipinski definition) is 1. The number of H-pyrrole nitrogens is 1. The molecule has 0 amide bonds. The van der Waals surface area contributed by atoms with Gasteiger partial charge in [-0.2, -0.15) is 0 Å². The summed E-state index contributed by atoms with van der Waals surface area (Å²) in [7, 11) is 0. The summed E-state index contributed by atoms with van der Waals surface area (Å²) >= 11 is 1.48. The number of Topliss-reactive ketones (excluding diaryl/α,β-unsaturated/α-hetero) is 1. The Morgan fingerprint density at radius 3 is 2.53 bits per heavy atom. The van der Waals surface area contributed by atoms with E-state index < -0.39 is 12.1 Å². The van der Waals surface area contributed by atoms with Gasteiger partial charge in [0.2, 0.25) is 5.78 Å². The highest BCUT2D eigenvalue weighted by Gasteiger charge is 2.27. The molecule has 0 aliphatic rings. The molecule has 5 rings (SSSR count). The fourth-order valence-electron chi connectivity index (χ4n) is 3.57. The van der Waals surface area contributed by atoms with Gasteiger partial charge in [-0.05, 0) is 24.3 Å². The van der Waals surface area contributed by atoms with Crippen LogP contribution in [0.3, 0.4) is 0 Å². The first-order valence-electron chi connectivity index (χ1n) is 10.1. The lowest BCUT2D eigenvalue weighted by Crippen LogP contribution is -2.19. The lowest BCUT2D eigenvalue weighted by atomic mass is 9.99. The number of nitrogens with one attached hydrogen (secondary N) is 1. The second-order valence-corrected chi connectivity index (χ2v) is 8.26. The minimum Gasteiger partial charge on any atom is -0.446 e. The van der Waals surface area contributed by atoms with E-state index in [0.29, 0.717) is 16.1 Å². The Morgan fingerprint density at radius 1 is 0.938 bits per heavy atom. The Morgan fingerprint density at radius 2 is 1.69 bits per heavy atom. The lowest BCUT2D eigenvalue weighted by molar-refractivity contribution is -0.141. The van der Waals surface area contributed by atoms with Gasteiger partial charge in [-0.25, -0.2) is 9.78 Å².